The van der Waals surface area contributed by atoms with Crippen molar-refractivity contribution in [3.63, 3.8) is 0 Å². The van der Waals surface area contributed by atoms with Crippen LogP contribution in [0.25, 0.3) is 98.2 Å². The van der Waals surface area contributed by atoms with E-state index < -0.39 is 0 Å². The van der Waals surface area contributed by atoms with E-state index in [1.807, 2.05) is 17.4 Å². The molecule has 0 radical (unpaired) electrons. The van der Waals surface area contributed by atoms with Gasteiger partial charge in [-0.3, -0.25) is 0 Å². The molecule has 0 saturated heterocycles. The summed E-state index contributed by atoms with van der Waals surface area (Å²) in [7, 11) is 0. The molecule has 0 spiro atoms. The molecule has 0 bridgehead atoms. The summed E-state index contributed by atoms with van der Waals surface area (Å²) in [6.07, 6.45) is 0. The van der Waals surface area contributed by atoms with Gasteiger partial charge >= 0.3 is 0 Å². The smallest absolute Gasteiger partial charge is 0.160 e. The topological polar surface area (TPSA) is 25.8 Å². The van der Waals surface area contributed by atoms with Gasteiger partial charge in [-0.1, -0.05) is 164 Å². The van der Waals surface area contributed by atoms with Crippen molar-refractivity contribution in [2.45, 2.75) is 12.3 Å². The molecule has 0 fully saturated rings. The summed E-state index contributed by atoms with van der Waals surface area (Å²) in [5.74, 6) is 0.700. The molecule has 286 valence electrons. The van der Waals surface area contributed by atoms with Crippen LogP contribution in [0.1, 0.15) is 23.6 Å². The molecule has 12 rings (SSSR count). The van der Waals surface area contributed by atoms with Gasteiger partial charge in [-0.2, -0.15) is 0 Å². The molecule has 3 heteroatoms. The van der Waals surface area contributed by atoms with Gasteiger partial charge in [-0.15, -0.1) is 11.3 Å². The summed E-state index contributed by atoms with van der Waals surface area (Å²) in [5, 5.41) is 5.02. The van der Waals surface area contributed by atoms with Crippen LogP contribution >= 0.6 is 11.3 Å². The van der Waals surface area contributed by atoms with Crippen molar-refractivity contribution in [3.8, 4) is 67.3 Å². The third-order valence-corrected chi connectivity index (χ3v) is 13.9. The minimum Gasteiger partial charge on any atom is -0.228 e. The standard InChI is InChI=1S/C58H38N2S/c1-58(45-19-6-3-7-20-45)50-24-12-10-21-47(50)48-30-29-41(35-51(48)58)52-36-53(60-57(59-52)38-16-4-2-5-17-38)44-33-42(40-28-27-37-15-8-9-18-39(37)31-40)32-43(34-44)46-23-14-26-55-56(46)49-22-11-13-25-54(49)61-55/h2-36H,1H3. The van der Waals surface area contributed by atoms with Crippen LogP contribution in [0.15, 0.2) is 212 Å². The van der Waals surface area contributed by atoms with Gasteiger partial charge in [-0.05, 0) is 116 Å². The first kappa shape index (κ1) is 35.5. The number of thiophene rings is 1. The number of nitrogens with zero attached hydrogens (tertiary/aromatic N) is 2. The summed E-state index contributed by atoms with van der Waals surface area (Å²) in [6.45, 7) is 2.37. The van der Waals surface area contributed by atoms with Crippen molar-refractivity contribution >= 4 is 42.3 Å². The quantitative estimate of drug-likeness (QED) is 0.168. The molecule has 1 aliphatic carbocycles. The largest absolute Gasteiger partial charge is 0.228 e. The lowest BCUT2D eigenvalue weighted by Crippen LogP contribution is -2.22. The monoisotopic (exact) mass is 794 g/mol. The molecule has 2 nitrogen and oxygen atoms in total. The zero-order valence-corrected chi connectivity index (χ0v) is 34.3. The highest BCUT2D eigenvalue weighted by Crippen LogP contribution is 2.53. The van der Waals surface area contributed by atoms with Crippen LogP contribution in [0.5, 0.6) is 0 Å². The number of hydrogen-bond donors (Lipinski definition) is 0. The second kappa shape index (κ2) is 14.1. The Morgan fingerprint density at radius 1 is 0.377 bits per heavy atom. The van der Waals surface area contributed by atoms with Crippen LogP contribution in [-0.2, 0) is 5.41 Å². The molecule has 61 heavy (non-hydrogen) atoms. The van der Waals surface area contributed by atoms with E-state index in [0.717, 1.165) is 39.2 Å². The highest BCUT2D eigenvalue weighted by molar-refractivity contribution is 7.25. The lowest BCUT2D eigenvalue weighted by atomic mass is 9.74. The molecule has 1 unspecified atom stereocenters. The first-order valence-corrected chi connectivity index (χ1v) is 21.7. The van der Waals surface area contributed by atoms with E-state index >= 15 is 0 Å². The van der Waals surface area contributed by atoms with E-state index in [2.05, 4.69) is 213 Å². The minimum absolute atomic E-state index is 0.322. The predicted molar refractivity (Wildman–Crippen MR) is 257 cm³/mol. The summed E-state index contributed by atoms with van der Waals surface area (Å²) < 4.78 is 2.58. The Hall–Kier alpha value is -7.46. The molecule has 1 aliphatic rings. The van der Waals surface area contributed by atoms with Gasteiger partial charge in [0.25, 0.3) is 0 Å². The van der Waals surface area contributed by atoms with Gasteiger partial charge in [0.05, 0.1) is 11.4 Å². The third kappa shape index (κ3) is 5.84. The summed E-state index contributed by atoms with van der Waals surface area (Å²) in [6, 6.07) is 77.1. The normalized spacial score (nSPS) is 14.4. The van der Waals surface area contributed by atoms with Crippen LogP contribution in [0, 0.1) is 0 Å². The van der Waals surface area contributed by atoms with Gasteiger partial charge < -0.3 is 0 Å². The Morgan fingerprint density at radius 3 is 1.89 bits per heavy atom. The van der Waals surface area contributed by atoms with Crippen molar-refractivity contribution < 1.29 is 0 Å². The van der Waals surface area contributed by atoms with Crippen molar-refractivity contribution in [1.82, 2.24) is 9.97 Å². The van der Waals surface area contributed by atoms with Gasteiger partial charge in [0.15, 0.2) is 5.82 Å². The van der Waals surface area contributed by atoms with Gasteiger partial charge in [0.2, 0.25) is 0 Å². The van der Waals surface area contributed by atoms with E-state index in [9.17, 15) is 0 Å². The first-order valence-electron chi connectivity index (χ1n) is 20.9. The summed E-state index contributed by atoms with van der Waals surface area (Å²) in [5.41, 5.74) is 15.7. The zero-order valence-electron chi connectivity index (χ0n) is 33.5. The number of aromatic nitrogens is 2. The van der Waals surface area contributed by atoms with Crippen LogP contribution in [-0.4, -0.2) is 9.97 Å². The van der Waals surface area contributed by atoms with Gasteiger partial charge in [-0.25, -0.2) is 9.97 Å². The molecule has 0 amide bonds. The van der Waals surface area contributed by atoms with Crippen molar-refractivity contribution in [2.24, 2.45) is 0 Å². The zero-order chi connectivity index (χ0) is 40.5. The molecule has 0 N–H and O–H groups in total. The number of hydrogen-bond acceptors (Lipinski definition) is 3. The summed E-state index contributed by atoms with van der Waals surface area (Å²) in [4.78, 5) is 10.7. The van der Waals surface area contributed by atoms with Crippen molar-refractivity contribution in [3.05, 3.63) is 229 Å². The van der Waals surface area contributed by atoms with Crippen molar-refractivity contribution in [2.75, 3.05) is 0 Å². The van der Waals surface area contributed by atoms with E-state index in [4.69, 9.17) is 9.97 Å². The maximum atomic E-state index is 5.39. The second-order valence-corrected chi connectivity index (χ2v) is 17.3. The average molecular weight is 795 g/mol. The fourth-order valence-electron chi connectivity index (χ4n) is 9.67. The lowest BCUT2D eigenvalue weighted by molar-refractivity contribution is 0.714. The van der Waals surface area contributed by atoms with Gasteiger partial charge in [0, 0.05) is 42.3 Å². The summed E-state index contributed by atoms with van der Waals surface area (Å²) >= 11 is 1.85. The minimum atomic E-state index is -0.322. The highest BCUT2D eigenvalue weighted by Gasteiger charge is 2.40. The molecule has 0 saturated carbocycles. The Morgan fingerprint density at radius 2 is 1.02 bits per heavy atom. The van der Waals surface area contributed by atoms with E-state index in [0.29, 0.717) is 5.82 Å². The average Bonchev–Trinajstić information content (AvgIpc) is 3.84. The van der Waals surface area contributed by atoms with Gasteiger partial charge in [0.1, 0.15) is 0 Å². The predicted octanol–water partition coefficient (Wildman–Crippen LogP) is 15.7. The highest BCUT2D eigenvalue weighted by atomic mass is 32.1. The van der Waals surface area contributed by atoms with Crippen LogP contribution < -0.4 is 0 Å². The fraction of sp³-hybridized carbons (Fsp3) is 0.0345. The number of benzene rings is 9. The van der Waals surface area contributed by atoms with E-state index in [1.54, 1.807) is 0 Å². The molecule has 2 aromatic heterocycles. The van der Waals surface area contributed by atoms with E-state index in [1.165, 1.54) is 69.9 Å². The number of fused-ring (bicyclic) bond motifs is 7. The Kier molecular flexibility index (Phi) is 8.19. The molecule has 1 atom stereocenters. The number of rotatable bonds is 6. The first-order chi connectivity index (χ1) is 30.1. The maximum Gasteiger partial charge on any atom is 0.160 e. The van der Waals surface area contributed by atoms with Crippen molar-refractivity contribution in [1.29, 1.82) is 0 Å². The van der Waals surface area contributed by atoms with Crippen LogP contribution in [0.2, 0.25) is 0 Å². The Balaban J connectivity index is 1.09. The second-order valence-electron chi connectivity index (χ2n) is 16.3. The lowest BCUT2D eigenvalue weighted by Gasteiger charge is -2.28. The molecule has 0 aliphatic heterocycles. The van der Waals surface area contributed by atoms with Crippen LogP contribution in [0.4, 0.5) is 0 Å². The third-order valence-electron chi connectivity index (χ3n) is 12.7. The Bertz CT molecular complexity index is 3490. The SMILES string of the molecule is CC1(c2ccccc2)c2ccccc2-c2ccc(-c3cc(-c4cc(-c5ccc6ccccc6c5)cc(-c5cccc6sc7ccccc7c56)c4)nc(-c4ccccc4)n3)cc21. The maximum absolute atomic E-state index is 5.39. The molecule has 9 aromatic carbocycles. The van der Waals surface area contributed by atoms with Crippen LogP contribution in [0.3, 0.4) is 0 Å². The molecule has 11 aromatic rings. The molecular weight excluding hydrogens is 757 g/mol. The fourth-order valence-corrected chi connectivity index (χ4v) is 10.8. The van der Waals surface area contributed by atoms with E-state index in [-0.39, 0.29) is 5.41 Å². The molecular formula is C58H38N2S. The molecule has 2 heterocycles. The Labute approximate surface area is 359 Å².